The Balaban J connectivity index is 1.35. The van der Waals surface area contributed by atoms with Crippen LogP contribution in [0, 0.1) is 17.6 Å². The fraction of sp³-hybridized carbons (Fsp3) is 0.400. The molecule has 1 aromatic carbocycles. The Morgan fingerprint density at radius 3 is 2.62 bits per heavy atom. The molecule has 3 heterocycles. The normalized spacial score (nSPS) is 16.6. The Bertz CT molecular complexity index is 897. The van der Waals surface area contributed by atoms with Gasteiger partial charge in [-0.25, -0.2) is 18.6 Å². The summed E-state index contributed by atoms with van der Waals surface area (Å²) in [6.07, 6.45) is 3.14. The van der Waals surface area contributed by atoms with Crippen LogP contribution in [0.4, 0.5) is 19.3 Å². The van der Waals surface area contributed by atoms with E-state index in [2.05, 4.69) is 10.3 Å². The summed E-state index contributed by atoms with van der Waals surface area (Å²) < 4.78 is 39.0. The number of piperidine rings is 1. The van der Waals surface area contributed by atoms with Crippen molar-refractivity contribution in [2.45, 2.75) is 19.3 Å². The summed E-state index contributed by atoms with van der Waals surface area (Å²) in [5.41, 5.74) is 0.560. The van der Waals surface area contributed by atoms with Gasteiger partial charge in [-0.3, -0.25) is 0 Å². The van der Waals surface area contributed by atoms with Gasteiger partial charge in [-0.15, -0.1) is 0 Å². The SMILES string of the molecule is O=C(Nc1ccnc2c1OCCO2)N1CCC(Cc2c(F)cc(Cl)cc2F)CC1. The average molecular weight is 424 g/mol. The number of anilines is 1. The highest BCUT2D eigenvalue weighted by Gasteiger charge is 2.26. The van der Waals surface area contributed by atoms with Crippen LogP contribution in [-0.2, 0) is 6.42 Å². The molecule has 9 heteroatoms. The summed E-state index contributed by atoms with van der Waals surface area (Å²) >= 11 is 5.68. The lowest BCUT2D eigenvalue weighted by Gasteiger charge is -2.32. The highest BCUT2D eigenvalue weighted by Crippen LogP contribution is 2.35. The van der Waals surface area contributed by atoms with Crippen LogP contribution < -0.4 is 14.8 Å². The van der Waals surface area contributed by atoms with Crippen LogP contribution in [0.25, 0.3) is 0 Å². The van der Waals surface area contributed by atoms with E-state index in [9.17, 15) is 13.6 Å². The third kappa shape index (κ3) is 4.37. The van der Waals surface area contributed by atoms with Crippen molar-refractivity contribution in [3.63, 3.8) is 0 Å². The number of carbonyl (C=O) groups excluding carboxylic acids is 1. The van der Waals surface area contributed by atoms with E-state index in [0.29, 0.717) is 56.5 Å². The number of carbonyl (C=O) groups is 1. The standard InChI is InChI=1S/C20H20ClF2N3O3/c21-13-10-15(22)14(16(23)11-13)9-12-2-5-26(6-3-12)20(27)25-17-1-4-24-19-18(17)28-7-8-29-19/h1,4,10-12H,2-3,5-9H2,(H,24,25,27). The molecule has 1 fully saturated rings. The summed E-state index contributed by atoms with van der Waals surface area (Å²) in [5, 5.41) is 2.88. The highest BCUT2D eigenvalue weighted by molar-refractivity contribution is 6.30. The Morgan fingerprint density at radius 2 is 1.90 bits per heavy atom. The lowest BCUT2D eigenvalue weighted by Crippen LogP contribution is -2.41. The van der Waals surface area contributed by atoms with Crippen LogP contribution in [0.2, 0.25) is 5.02 Å². The summed E-state index contributed by atoms with van der Waals surface area (Å²) in [6.45, 7) is 1.81. The number of nitrogens with one attached hydrogen (secondary N) is 1. The Labute approximate surface area is 171 Å². The van der Waals surface area contributed by atoms with E-state index < -0.39 is 11.6 Å². The lowest BCUT2D eigenvalue weighted by atomic mass is 9.90. The van der Waals surface area contributed by atoms with E-state index >= 15 is 0 Å². The number of amides is 2. The zero-order chi connectivity index (χ0) is 20.4. The number of halogens is 3. The average Bonchev–Trinajstić information content (AvgIpc) is 2.71. The monoisotopic (exact) mass is 423 g/mol. The molecule has 1 saturated heterocycles. The number of aromatic nitrogens is 1. The number of rotatable bonds is 3. The van der Waals surface area contributed by atoms with Crippen molar-refractivity contribution < 1.29 is 23.0 Å². The Kier molecular flexibility index (Phi) is 5.71. The van der Waals surface area contributed by atoms with Gasteiger partial charge in [0.25, 0.3) is 5.88 Å². The third-order valence-corrected chi connectivity index (χ3v) is 5.40. The zero-order valence-electron chi connectivity index (χ0n) is 15.6. The second-order valence-corrected chi connectivity index (χ2v) is 7.54. The molecule has 2 aliphatic heterocycles. The minimum absolute atomic E-state index is 0.0444. The number of hydrogen-bond acceptors (Lipinski definition) is 4. The van der Waals surface area contributed by atoms with Gasteiger partial charge < -0.3 is 19.7 Å². The van der Waals surface area contributed by atoms with E-state index in [1.54, 1.807) is 17.2 Å². The molecule has 0 atom stereocenters. The first-order chi connectivity index (χ1) is 14.0. The molecular formula is C20H20ClF2N3O3. The van der Waals surface area contributed by atoms with E-state index in [0.717, 1.165) is 12.1 Å². The predicted octanol–water partition coefficient (Wildman–Crippen LogP) is 4.27. The van der Waals surface area contributed by atoms with Gasteiger partial charge in [-0.05, 0) is 43.4 Å². The maximum Gasteiger partial charge on any atom is 0.321 e. The van der Waals surface area contributed by atoms with E-state index in [1.807, 2.05) is 0 Å². The van der Waals surface area contributed by atoms with Crippen LogP contribution >= 0.6 is 11.6 Å². The number of urea groups is 1. The van der Waals surface area contributed by atoms with E-state index in [1.165, 1.54) is 0 Å². The number of likely N-dealkylation sites (tertiary alicyclic amines) is 1. The molecule has 2 amide bonds. The largest absolute Gasteiger partial charge is 0.483 e. The van der Waals surface area contributed by atoms with Gasteiger partial charge in [0.2, 0.25) is 5.75 Å². The van der Waals surface area contributed by atoms with Gasteiger partial charge >= 0.3 is 6.03 Å². The van der Waals surface area contributed by atoms with E-state index in [4.69, 9.17) is 21.1 Å². The molecule has 6 nitrogen and oxygen atoms in total. The van der Waals surface area contributed by atoms with Crippen molar-refractivity contribution in [3.05, 3.63) is 46.6 Å². The van der Waals surface area contributed by atoms with Gasteiger partial charge in [0.15, 0.2) is 0 Å². The van der Waals surface area contributed by atoms with Gasteiger partial charge in [0.05, 0.1) is 5.69 Å². The van der Waals surface area contributed by atoms with Gasteiger partial charge in [0, 0.05) is 29.9 Å². The number of fused-ring (bicyclic) bond motifs is 1. The molecular weight excluding hydrogens is 404 g/mol. The molecule has 2 aliphatic rings. The van der Waals surface area contributed by atoms with E-state index in [-0.39, 0.29) is 29.0 Å². The second-order valence-electron chi connectivity index (χ2n) is 7.10. The number of pyridine rings is 1. The summed E-state index contributed by atoms with van der Waals surface area (Å²) in [4.78, 5) is 18.4. The molecule has 0 spiro atoms. The molecule has 0 aliphatic carbocycles. The quantitative estimate of drug-likeness (QED) is 0.800. The van der Waals surface area contributed by atoms with Crippen molar-refractivity contribution in [1.29, 1.82) is 0 Å². The predicted molar refractivity (Wildman–Crippen MR) is 104 cm³/mol. The number of ether oxygens (including phenoxy) is 2. The Hall–Kier alpha value is -2.61. The van der Waals surface area contributed by atoms with Crippen LogP contribution in [0.15, 0.2) is 24.4 Å². The van der Waals surface area contributed by atoms with Crippen LogP contribution in [0.1, 0.15) is 18.4 Å². The zero-order valence-corrected chi connectivity index (χ0v) is 16.3. The van der Waals surface area contributed by atoms with Crippen molar-refractivity contribution in [1.82, 2.24) is 9.88 Å². The number of benzene rings is 1. The van der Waals surface area contributed by atoms with Crippen molar-refractivity contribution in [2.75, 3.05) is 31.6 Å². The molecule has 2 aromatic rings. The lowest BCUT2D eigenvalue weighted by molar-refractivity contribution is 0.164. The molecule has 1 N–H and O–H groups in total. The fourth-order valence-electron chi connectivity index (χ4n) is 3.64. The van der Waals surface area contributed by atoms with Crippen molar-refractivity contribution >= 4 is 23.3 Å². The third-order valence-electron chi connectivity index (χ3n) is 5.18. The smallest absolute Gasteiger partial charge is 0.321 e. The molecule has 0 saturated carbocycles. The first kappa shape index (κ1) is 19.7. The minimum Gasteiger partial charge on any atom is -0.483 e. The molecule has 29 heavy (non-hydrogen) atoms. The topological polar surface area (TPSA) is 63.7 Å². The number of hydrogen-bond donors (Lipinski definition) is 1. The molecule has 1 aromatic heterocycles. The second kappa shape index (κ2) is 8.41. The van der Waals surface area contributed by atoms with Gasteiger partial charge in [-0.2, -0.15) is 0 Å². The summed E-state index contributed by atoms with van der Waals surface area (Å²) in [5.74, 6) is -0.371. The summed E-state index contributed by atoms with van der Waals surface area (Å²) in [6, 6.07) is 3.66. The highest BCUT2D eigenvalue weighted by atomic mass is 35.5. The fourth-order valence-corrected chi connectivity index (χ4v) is 3.83. The molecule has 154 valence electrons. The van der Waals surface area contributed by atoms with Crippen molar-refractivity contribution in [2.24, 2.45) is 5.92 Å². The molecule has 0 radical (unpaired) electrons. The van der Waals surface area contributed by atoms with Gasteiger partial charge in [0.1, 0.15) is 24.8 Å². The maximum absolute atomic E-state index is 14.0. The van der Waals surface area contributed by atoms with Crippen LogP contribution in [-0.4, -0.2) is 42.2 Å². The van der Waals surface area contributed by atoms with Gasteiger partial charge in [-0.1, -0.05) is 11.6 Å². The molecule has 0 bridgehead atoms. The first-order valence-corrected chi connectivity index (χ1v) is 9.83. The summed E-state index contributed by atoms with van der Waals surface area (Å²) in [7, 11) is 0. The van der Waals surface area contributed by atoms with Crippen molar-refractivity contribution in [3.8, 4) is 11.6 Å². The van der Waals surface area contributed by atoms with Crippen LogP contribution in [0.3, 0.4) is 0 Å². The number of nitrogens with zero attached hydrogens (tertiary/aromatic N) is 2. The minimum atomic E-state index is -0.625. The van der Waals surface area contributed by atoms with Crippen LogP contribution in [0.5, 0.6) is 11.6 Å². The Morgan fingerprint density at radius 1 is 1.21 bits per heavy atom. The first-order valence-electron chi connectivity index (χ1n) is 9.45. The maximum atomic E-state index is 14.0. The molecule has 4 rings (SSSR count). The molecule has 0 unspecified atom stereocenters.